The maximum atomic E-state index is 13.6. The van der Waals surface area contributed by atoms with Gasteiger partial charge in [0.15, 0.2) is 0 Å². The zero-order chi connectivity index (χ0) is 31.5. The Morgan fingerprint density at radius 1 is 0.805 bits per heavy atom. The molecule has 236 valence electrons. The second kappa shape index (κ2) is 15.9. The molecule has 1 aromatic carbocycles. The van der Waals surface area contributed by atoms with Crippen molar-refractivity contribution in [2.24, 2.45) is 17.8 Å². The Morgan fingerprint density at radius 2 is 1.39 bits per heavy atom. The largest absolute Gasteiger partial charge is 0.494 e. The van der Waals surface area contributed by atoms with E-state index in [1.54, 1.807) is 12.1 Å². The van der Waals surface area contributed by atoms with Gasteiger partial charge in [-0.05, 0) is 61.6 Å². The monoisotopic (exact) mass is 606 g/mol. The molecule has 0 radical (unpaired) electrons. The van der Waals surface area contributed by atoms with Gasteiger partial charge in [-0.2, -0.15) is 39.5 Å². The van der Waals surface area contributed by atoms with Gasteiger partial charge in [-0.3, -0.25) is 0 Å². The number of allylic oxidation sites excluding steroid dienone is 3. The SMILES string of the molecule is C[C@@H](CO)C/C=C/[C@@H](C)C/C=C/[C@H](C)[C@H](C)OCc1ccc(OCCCC(F)(F)C(F)(F)C(F)(F)C(F)(F)F)cc1. The maximum absolute atomic E-state index is 13.6. The summed E-state index contributed by atoms with van der Waals surface area (Å²) in [7, 11) is 0. The van der Waals surface area contributed by atoms with Crippen LogP contribution in [0.1, 0.15) is 58.9 Å². The molecule has 0 fully saturated rings. The highest BCUT2D eigenvalue weighted by molar-refractivity contribution is 5.26. The van der Waals surface area contributed by atoms with Crippen LogP contribution in [-0.2, 0) is 11.3 Å². The van der Waals surface area contributed by atoms with Crippen LogP contribution in [0.4, 0.5) is 39.5 Å². The van der Waals surface area contributed by atoms with E-state index in [1.165, 1.54) is 12.1 Å². The third-order valence-electron chi connectivity index (χ3n) is 6.55. The number of hydrogen-bond acceptors (Lipinski definition) is 3. The van der Waals surface area contributed by atoms with Crippen LogP contribution < -0.4 is 4.74 Å². The van der Waals surface area contributed by atoms with E-state index in [-0.39, 0.29) is 36.9 Å². The predicted molar refractivity (Wildman–Crippen MR) is 138 cm³/mol. The molecule has 1 rings (SSSR count). The molecule has 1 N–H and O–H groups in total. The van der Waals surface area contributed by atoms with Crippen molar-refractivity contribution in [1.29, 1.82) is 0 Å². The van der Waals surface area contributed by atoms with Gasteiger partial charge in [0.05, 0.1) is 19.3 Å². The highest BCUT2D eigenvalue weighted by Crippen LogP contribution is 2.54. The van der Waals surface area contributed by atoms with Crippen molar-refractivity contribution in [2.75, 3.05) is 13.2 Å². The molecular formula is C29H39F9O3. The molecule has 0 aliphatic heterocycles. The summed E-state index contributed by atoms with van der Waals surface area (Å²) in [6.07, 6.45) is 0.323. The molecule has 0 bridgehead atoms. The molecule has 0 aromatic heterocycles. The molecule has 12 heteroatoms. The molecule has 4 atom stereocenters. The molecule has 1 aromatic rings. The number of hydrogen-bond donors (Lipinski definition) is 1. The van der Waals surface area contributed by atoms with E-state index in [4.69, 9.17) is 14.6 Å². The van der Waals surface area contributed by atoms with Crippen LogP contribution in [0.3, 0.4) is 0 Å². The highest BCUT2D eigenvalue weighted by Gasteiger charge is 2.81. The van der Waals surface area contributed by atoms with E-state index >= 15 is 0 Å². The molecule has 41 heavy (non-hydrogen) atoms. The summed E-state index contributed by atoms with van der Waals surface area (Å²) in [5, 5.41) is 9.06. The van der Waals surface area contributed by atoms with Crippen molar-refractivity contribution >= 4 is 0 Å². The lowest BCUT2D eigenvalue weighted by molar-refractivity contribution is -0.396. The van der Waals surface area contributed by atoms with Gasteiger partial charge >= 0.3 is 23.9 Å². The van der Waals surface area contributed by atoms with Crippen molar-refractivity contribution in [3.05, 3.63) is 54.1 Å². The average molecular weight is 607 g/mol. The van der Waals surface area contributed by atoms with Gasteiger partial charge in [0.25, 0.3) is 0 Å². The first kappa shape index (κ1) is 36.8. The van der Waals surface area contributed by atoms with Crippen LogP contribution in [-0.4, -0.2) is 48.4 Å². The number of aliphatic hydroxyl groups excluding tert-OH is 1. The van der Waals surface area contributed by atoms with Crippen molar-refractivity contribution in [2.45, 2.75) is 90.0 Å². The fourth-order valence-corrected chi connectivity index (χ4v) is 3.47. The average Bonchev–Trinajstić information content (AvgIpc) is 2.89. The number of rotatable bonds is 18. The summed E-state index contributed by atoms with van der Waals surface area (Å²) in [4.78, 5) is 0. The Bertz CT molecular complexity index is 944. The summed E-state index contributed by atoms with van der Waals surface area (Å²) >= 11 is 0. The van der Waals surface area contributed by atoms with Crippen molar-refractivity contribution in [3.8, 4) is 5.75 Å². The minimum absolute atomic E-state index is 0.108. The van der Waals surface area contributed by atoms with Crippen LogP contribution in [0, 0.1) is 17.8 Å². The van der Waals surface area contributed by atoms with Crippen LogP contribution in [0.5, 0.6) is 5.75 Å². The first-order valence-electron chi connectivity index (χ1n) is 13.3. The predicted octanol–water partition coefficient (Wildman–Crippen LogP) is 9.01. The number of halogens is 9. The quantitative estimate of drug-likeness (QED) is 0.103. The first-order valence-corrected chi connectivity index (χ1v) is 13.3. The fourth-order valence-electron chi connectivity index (χ4n) is 3.47. The van der Waals surface area contributed by atoms with E-state index in [9.17, 15) is 39.5 Å². The molecule has 3 nitrogen and oxygen atoms in total. The molecule has 0 saturated carbocycles. The molecule has 0 aliphatic carbocycles. The Kier molecular flexibility index (Phi) is 14.2. The number of benzene rings is 1. The van der Waals surface area contributed by atoms with Gasteiger partial charge in [0.1, 0.15) is 5.75 Å². The molecule has 0 unspecified atom stereocenters. The third-order valence-corrected chi connectivity index (χ3v) is 6.55. The summed E-state index contributed by atoms with van der Waals surface area (Å²) in [5.74, 6) is -18.2. The minimum Gasteiger partial charge on any atom is -0.494 e. The number of ether oxygens (including phenoxy) is 2. The van der Waals surface area contributed by atoms with Gasteiger partial charge in [-0.1, -0.05) is 57.2 Å². The Hall–Kier alpha value is -2.21. The zero-order valence-corrected chi connectivity index (χ0v) is 23.5. The molecule has 0 heterocycles. The van der Waals surface area contributed by atoms with E-state index in [0.717, 1.165) is 18.4 Å². The molecule has 0 amide bonds. The summed E-state index contributed by atoms with van der Waals surface area (Å²) in [5.41, 5.74) is 0.761. The lowest BCUT2D eigenvalue weighted by Gasteiger charge is -2.33. The highest BCUT2D eigenvalue weighted by atomic mass is 19.4. The van der Waals surface area contributed by atoms with Gasteiger partial charge < -0.3 is 14.6 Å². The Morgan fingerprint density at radius 3 is 1.95 bits per heavy atom. The molecular weight excluding hydrogens is 567 g/mol. The van der Waals surface area contributed by atoms with E-state index in [1.807, 2.05) is 20.8 Å². The Labute approximate surface area is 235 Å². The lowest BCUT2D eigenvalue weighted by atomic mass is 10.00. The van der Waals surface area contributed by atoms with Crippen LogP contribution in [0.25, 0.3) is 0 Å². The molecule has 0 saturated heterocycles. The van der Waals surface area contributed by atoms with E-state index < -0.39 is 43.4 Å². The van der Waals surface area contributed by atoms with Gasteiger partial charge in [0, 0.05) is 13.0 Å². The summed E-state index contributed by atoms with van der Waals surface area (Å²) in [6.45, 7) is 7.85. The lowest BCUT2D eigenvalue weighted by Crippen LogP contribution is -2.60. The van der Waals surface area contributed by atoms with Crippen molar-refractivity contribution in [1.82, 2.24) is 0 Å². The number of aliphatic hydroxyl groups is 1. The molecule has 0 aliphatic rings. The maximum Gasteiger partial charge on any atom is 0.460 e. The standard InChI is InChI=1S/C29H39F9O3/c1-20(8-5-10-21(2)18-39)9-6-11-22(3)23(4)41-19-24-12-14-25(15-13-24)40-17-7-16-26(30,31)27(32,33)28(34,35)29(36,37)38/h5-6,8,11-15,20-23,39H,7,9-10,16-19H2,1-4H3/b8-5+,11-6+/t20-,21-,22+,23+/m1/s1. The summed E-state index contributed by atoms with van der Waals surface area (Å²) in [6, 6.07) is 6.18. The second-order valence-corrected chi connectivity index (χ2v) is 10.4. The van der Waals surface area contributed by atoms with Crippen LogP contribution >= 0.6 is 0 Å². The topological polar surface area (TPSA) is 38.7 Å². The fraction of sp³-hybridized carbons (Fsp3) is 0.655. The Balaban J connectivity index is 2.46. The van der Waals surface area contributed by atoms with Crippen LogP contribution in [0.15, 0.2) is 48.6 Å². The zero-order valence-electron chi connectivity index (χ0n) is 23.5. The minimum atomic E-state index is -6.88. The van der Waals surface area contributed by atoms with Crippen molar-refractivity contribution in [3.63, 3.8) is 0 Å². The van der Waals surface area contributed by atoms with Crippen molar-refractivity contribution < 1.29 is 54.1 Å². The summed E-state index contributed by atoms with van der Waals surface area (Å²) < 4.78 is 127. The van der Waals surface area contributed by atoms with E-state index in [0.29, 0.717) is 5.92 Å². The first-order chi connectivity index (χ1) is 18.9. The smallest absolute Gasteiger partial charge is 0.460 e. The molecule has 0 spiro atoms. The van der Waals surface area contributed by atoms with Gasteiger partial charge in [-0.25, -0.2) is 0 Å². The van der Waals surface area contributed by atoms with Gasteiger partial charge in [0.2, 0.25) is 0 Å². The normalized spacial score (nSPS) is 16.7. The second-order valence-electron chi connectivity index (χ2n) is 10.4. The van der Waals surface area contributed by atoms with E-state index in [2.05, 4.69) is 31.2 Å². The van der Waals surface area contributed by atoms with Gasteiger partial charge in [-0.15, -0.1) is 0 Å². The number of alkyl halides is 9. The van der Waals surface area contributed by atoms with Crippen LogP contribution in [0.2, 0.25) is 0 Å². The third kappa shape index (κ3) is 11.2.